The van der Waals surface area contributed by atoms with Crippen molar-refractivity contribution < 1.29 is 19.1 Å². The number of benzene rings is 1. The highest BCUT2D eigenvalue weighted by Gasteiger charge is 2.20. The van der Waals surface area contributed by atoms with Crippen LogP contribution in [-0.2, 0) is 9.53 Å². The summed E-state index contributed by atoms with van der Waals surface area (Å²) in [4.78, 5) is 23.4. The van der Waals surface area contributed by atoms with Gasteiger partial charge in [-0.2, -0.15) is 0 Å². The van der Waals surface area contributed by atoms with Gasteiger partial charge in [0.25, 0.3) is 5.91 Å². The molecule has 120 valence electrons. The van der Waals surface area contributed by atoms with Crippen LogP contribution in [0, 0.1) is 0 Å². The van der Waals surface area contributed by atoms with Crippen molar-refractivity contribution in [3.63, 3.8) is 0 Å². The minimum Gasteiger partial charge on any atom is -0.496 e. The molecular weight excluding hydrogens is 308 g/mol. The Balaban J connectivity index is 2.12. The monoisotopic (exact) mass is 326 g/mol. The molecule has 0 aliphatic carbocycles. The standard InChI is InChI=1S/C15H19ClN2O4/c1-9(19)18-13-7-14(21-2)11(6-12(13)16)15(20)17-8-10-4-3-5-22-10/h6-7,10H,3-5,8H2,1-2H3,(H,17,20)(H,18,19)/t10-/m0/s1. The van der Waals surface area contributed by atoms with Gasteiger partial charge in [-0.05, 0) is 18.9 Å². The highest BCUT2D eigenvalue weighted by molar-refractivity contribution is 6.34. The number of hydrogen-bond donors (Lipinski definition) is 2. The van der Waals surface area contributed by atoms with Crippen LogP contribution in [0.3, 0.4) is 0 Å². The number of amides is 2. The van der Waals surface area contributed by atoms with E-state index in [-0.39, 0.29) is 22.9 Å². The van der Waals surface area contributed by atoms with Crippen molar-refractivity contribution in [1.82, 2.24) is 5.32 Å². The molecule has 1 fully saturated rings. The zero-order valence-electron chi connectivity index (χ0n) is 12.6. The number of methoxy groups -OCH3 is 1. The molecule has 1 atom stereocenters. The molecule has 1 aromatic rings. The molecule has 2 amide bonds. The average Bonchev–Trinajstić information content (AvgIpc) is 2.99. The Bertz CT molecular complexity index is 571. The lowest BCUT2D eigenvalue weighted by atomic mass is 10.1. The molecule has 22 heavy (non-hydrogen) atoms. The van der Waals surface area contributed by atoms with Crippen LogP contribution in [0.25, 0.3) is 0 Å². The third-order valence-electron chi connectivity index (χ3n) is 3.36. The largest absolute Gasteiger partial charge is 0.496 e. The Morgan fingerprint density at radius 1 is 1.45 bits per heavy atom. The normalized spacial score (nSPS) is 17.1. The van der Waals surface area contributed by atoms with Gasteiger partial charge in [0.05, 0.1) is 29.5 Å². The number of ether oxygens (including phenoxy) is 2. The van der Waals surface area contributed by atoms with Crippen LogP contribution in [0.5, 0.6) is 5.75 Å². The molecule has 1 saturated heterocycles. The highest BCUT2D eigenvalue weighted by Crippen LogP contribution is 2.31. The molecule has 0 unspecified atom stereocenters. The molecule has 1 aliphatic heterocycles. The van der Waals surface area contributed by atoms with E-state index < -0.39 is 0 Å². The SMILES string of the molecule is COc1cc(NC(C)=O)c(Cl)cc1C(=O)NC[C@@H]1CCCO1. The van der Waals surface area contributed by atoms with E-state index in [0.29, 0.717) is 23.5 Å². The van der Waals surface area contributed by atoms with Crippen LogP contribution in [-0.4, -0.2) is 38.2 Å². The summed E-state index contributed by atoms with van der Waals surface area (Å²) in [5.74, 6) is -0.193. The van der Waals surface area contributed by atoms with Crippen LogP contribution in [0.4, 0.5) is 5.69 Å². The molecular formula is C15H19ClN2O4. The van der Waals surface area contributed by atoms with Crippen molar-refractivity contribution in [3.8, 4) is 5.75 Å². The van der Waals surface area contributed by atoms with Gasteiger partial charge in [-0.1, -0.05) is 11.6 Å². The summed E-state index contributed by atoms with van der Waals surface area (Å²) in [6, 6.07) is 3.02. The molecule has 0 aromatic heterocycles. The van der Waals surface area contributed by atoms with Gasteiger partial charge in [0.2, 0.25) is 5.91 Å². The molecule has 0 radical (unpaired) electrons. The fourth-order valence-electron chi connectivity index (χ4n) is 2.29. The van der Waals surface area contributed by atoms with Crippen LogP contribution in [0.2, 0.25) is 5.02 Å². The van der Waals surface area contributed by atoms with Gasteiger partial charge in [-0.15, -0.1) is 0 Å². The summed E-state index contributed by atoms with van der Waals surface area (Å²) in [5.41, 5.74) is 0.723. The van der Waals surface area contributed by atoms with Gasteiger partial charge < -0.3 is 20.1 Å². The van der Waals surface area contributed by atoms with Gasteiger partial charge in [0.15, 0.2) is 0 Å². The maximum absolute atomic E-state index is 12.3. The van der Waals surface area contributed by atoms with Crippen molar-refractivity contribution in [2.45, 2.75) is 25.9 Å². The third kappa shape index (κ3) is 4.11. The second-order valence-electron chi connectivity index (χ2n) is 5.06. The van der Waals surface area contributed by atoms with Gasteiger partial charge in [0, 0.05) is 26.1 Å². The smallest absolute Gasteiger partial charge is 0.255 e. The number of hydrogen-bond acceptors (Lipinski definition) is 4. The maximum Gasteiger partial charge on any atom is 0.255 e. The fraction of sp³-hybridized carbons (Fsp3) is 0.467. The van der Waals surface area contributed by atoms with E-state index in [2.05, 4.69) is 10.6 Å². The summed E-state index contributed by atoms with van der Waals surface area (Å²) in [5, 5.41) is 5.68. The van der Waals surface area contributed by atoms with E-state index in [9.17, 15) is 9.59 Å². The second-order valence-corrected chi connectivity index (χ2v) is 5.47. The predicted molar refractivity (Wildman–Crippen MR) is 83.6 cm³/mol. The minimum absolute atomic E-state index is 0.0593. The van der Waals surface area contributed by atoms with Crippen LogP contribution < -0.4 is 15.4 Å². The van der Waals surface area contributed by atoms with E-state index in [1.165, 1.54) is 26.2 Å². The third-order valence-corrected chi connectivity index (χ3v) is 3.67. The Kier molecular flexibility index (Phi) is 5.63. The van der Waals surface area contributed by atoms with Crippen molar-refractivity contribution in [2.24, 2.45) is 0 Å². The quantitative estimate of drug-likeness (QED) is 0.869. The zero-order valence-corrected chi connectivity index (χ0v) is 13.3. The number of carbonyl (C=O) groups is 2. The Hall–Kier alpha value is -1.79. The summed E-state index contributed by atoms with van der Waals surface area (Å²) in [6.07, 6.45) is 2.02. The van der Waals surface area contributed by atoms with Gasteiger partial charge in [0.1, 0.15) is 5.75 Å². The van der Waals surface area contributed by atoms with Crippen molar-refractivity contribution in [3.05, 3.63) is 22.7 Å². The fourth-order valence-corrected chi connectivity index (χ4v) is 2.50. The average molecular weight is 327 g/mol. The predicted octanol–water partition coefficient (Wildman–Crippen LogP) is 2.22. The first kappa shape index (κ1) is 16.6. The van der Waals surface area contributed by atoms with Crippen LogP contribution >= 0.6 is 11.6 Å². The highest BCUT2D eigenvalue weighted by atomic mass is 35.5. The second kappa shape index (κ2) is 7.47. The summed E-state index contributed by atoms with van der Waals surface area (Å²) in [7, 11) is 1.46. The molecule has 1 heterocycles. The summed E-state index contributed by atoms with van der Waals surface area (Å²) < 4.78 is 10.7. The summed E-state index contributed by atoms with van der Waals surface area (Å²) >= 11 is 6.10. The van der Waals surface area contributed by atoms with E-state index >= 15 is 0 Å². The number of anilines is 1. The lowest BCUT2D eigenvalue weighted by Crippen LogP contribution is -2.32. The molecule has 0 bridgehead atoms. The summed E-state index contributed by atoms with van der Waals surface area (Å²) in [6.45, 7) is 2.57. The molecule has 6 nitrogen and oxygen atoms in total. The number of halogens is 1. The van der Waals surface area contributed by atoms with Crippen LogP contribution in [0.1, 0.15) is 30.1 Å². The van der Waals surface area contributed by atoms with Crippen LogP contribution in [0.15, 0.2) is 12.1 Å². The zero-order chi connectivity index (χ0) is 16.1. The lowest BCUT2D eigenvalue weighted by Gasteiger charge is -2.14. The molecule has 1 aliphatic rings. The van der Waals surface area contributed by atoms with E-state index in [0.717, 1.165) is 19.4 Å². The van der Waals surface area contributed by atoms with E-state index in [4.69, 9.17) is 21.1 Å². The van der Waals surface area contributed by atoms with Crippen molar-refractivity contribution in [2.75, 3.05) is 25.6 Å². The lowest BCUT2D eigenvalue weighted by molar-refractivity contribution is -0.114. The molecule has 0 saturated carbocycles. The number of rotatable bonds is 5. The first-order chi connectivity index (χ1) is 10.5. The van der Waals surface area contributed by atoms with E-state index in [1.54, 1.807) is 0 Å². The van der Waals surface area contributed by atoms with E-state index in [1.807, 2.05) is 0 Å². The number of nitrogens with one attached hydrogen (secondary N) is 2. The Morgan fingerprint density at radius 2 is 2.23 bits per heavy atom. The number of carbonyl (C=O) groups excluding carboxylic acids is 2. The van der Waals surface area contributed by atoms with Crippen molar-refractivity contribution in [1.29, 1.82) is 0 Å². The molecule has 7 heteroatoms. The van der Waals surface area contributed by atoms with Gasteiger partial charge in [-0.25, -0.2) is 0 Å². The molecule has 1 aromatic carbocycles. The first-order valence-corrected chi connectivity index (χ1v) is 7.44. The Morgan fingerprint density at radius 3 is 2.82 bits per heavy atom. The minimum atomic E-state index is -0.288. The van der Waals surface area contributed by atoms with Gasteiger partial charge >= 0.3 is 0 Å². The molecule has 2 rings (SSSR count). The van der Waals surface area contributed by atoms with Gasteiger partial charge in [-0.3, -0.25) is 9.59 Å². The maximum atomic E-state index is 12.3. The first-order valence-electron chi connectivity index (χ1n) is 7.06. The molecule has 0 spiro atoms. The molecule has 2 N–H and O–H groups in total. The topological polar surface area (TPSA) is 76.7 Å². The Labute approximate surface area is 134 Å². The van der Waals surface area contributed by atoms with Crippen molar-refractivity contribution >= 4 is 29.1 Å².